The zero-order chi connectivity index (χ0) is 12.5. The predicted octanol–water partition coefficient (Wildman–Crippen LogP) is 3.12. The molecule has 0 spiro atoms. The minimum Gasteiger partial charge on any atom is -0.497 e. The molecule has 2 atom stereocenters. The second-order valence-corrected chi connectivity index (χ2v) is 5.71. The lowest BCUT2D eigenvalue weighted by Crippen LogP contribution is -2.22. The molecule has 1 fully saturated rings. The van der Waals surface area contributed by atoms with E-state index in [0.29, 0.717) is 13.0 Å². The third kappa shape index (κ3) is 2.23. The molecule has 1 aliphatic rings. The van der Waals surface area contributed by atoms with E-state index >= 15 is 0 Å². The van der Waals surface area contributed by atoms with Gasteiger partial charge in [-0.05, 0) is 36.1 Å². The molecule has 96 valence electrons. The first-order valence-corrected chi connectivity index (χ1v) is 6.95. The van der Waals surface area contributed by atoms with Gasteiger partial charge in [-0.2, -0.15) is 0 Å². The van der Waals surface area contributed by atoms with Gasteiger partial charge >= 0.3 is 0 Å². The van der Waals surface area contributed by atoms with Crippen LogP contribution in [0.4, 0.5) is 0 Å². The highest BCUT2D eigenvalue weighted by Crippen LogP contribution is 2.37. The Morgan fingerprint density at radius 2 is 2.28 bits per heavy atom. The lowest BCUT2D eigenvalue weighted by molar-refractivity contribution is -0.0431. The average molecular weight is 264 g/mol. The molecule has 2 heterocycles. The van der Waals surface area contributed by atoms with Gasteiger partial charge < -0.3 is 14.6 Å². The Balaban J connectivity index is 1.92. The van der Waals surface area contributed by atoms with Gasteiger partial charge in [0.1, 0.15) is 5.75 Å². The summed E-state index contributed by atoms with van der Waals surface area (Å²) < 4.78 is 12.2. The summed E-state index contributed by atoms with van der Waals surface area (Å²) in [6.45, 7) is 0.642. The minimum atomic E-state index is -0.233. The monoisotopic (exact) mass is 264 g/mol. The van der Waals surface area contributed by atoms with E-state index in [9.17, 15) is 5.11 Å². The fourth-order valence-electron chi connectivity index (χ4n) is 2.31. The number of rotatable bonds is 2. The summed E-state index contributed by atoms with van der Waals surface area (Å²) >= 11 is 1.73. The molecule has 0 saturated carbocycles. The number of ether oxygens (including phenoxy) is 2. The summed E-state index contributed by atoms with van der Waals surface area (Å²) in [5.74, 6) is 0.872. The zero-order valence-corrected chi connectivity index (χ0v) is 11.1. The van der Waals surface area contributed by atoms with Crippen molar-refractivity contribution in [1.29, 1.82) is 0 Å². The highest BCUT2D eigenvalue weighted by molar-refractivity contribution is 7.19. The van der Waals surface area contributed by atoms with E-state index in [1.54, 1.807) is 18.4 Å². The summed E-state index contributed by atoms with van der Waals surface area (Å²) in [5, 5.41) is 10.9. The number of fused-ring (bicyclic) bond motifs is 1. The molecule has 1 aromatic carbocycles. The number of hydrogen-bond acceptors (Lipinski definition) is 4. The van der Waals surface area contributed by atoms with Crippen molar-refractivity contribution in [1.82, 2.24) is 0 Å². The molecular formula is C14H16O3S. The molecule has 18 heavy (non-hydrogen) atoms. The predicted molar refractivity (Wildman–Crippen MR) is 72.3 cm³/mol. The van der Waals surface area contributed by atoms with Gasteiger partial charge in [-0.1, -0.05) is 0 Å². The number of hydrogen-bond donors (Lipinski definition) is 1. The quantitative estimate of drug-likeness (QED) is 0.905. The summed E-state index contributed by atoms with van der Waals surface area (Å²) in [6.07, 6.45) is 1.25. The van der Waals surface area contributed by atoms with E-state index < -0.39 is 0 Å². The first kappa shape index (κ1) is 12.0. The van der Waals surface area contributed by atoms with Crippen molar-refractivity contribution in [2.45, 2.75) is 25.0 Å². The Kier molecular flexibility index (Phi) is 3.24. The van der Waals surface area contributed by atoms with Crippen LogP contribution in [-0.2, 0) is 4.74 Å². The molecule has 2 unspecified atom stereocenters. The van der Waals surface area contributed by atoms with Crippen LogP contribution in [0.25, 0.3) is 10.1 Å². The van der Waals surface area contributed by atoms with Gasteiger partial charge in [0.2, 0.25) is 0 Å². The maximum absolute atomic E-state index is 9.70. The molecule has 4 heteroatoms. The Labute approximate surface area is 110 Å². The Morgan fingerprint density at radius 1 is 1.39 bits per heavy atom. The lowest BCUT2D eigenvalue weighted by atomic mass is 10.0. The Bertz CT molecular complexity index is 549. The van der Waals surface area contributed by atoms with Crippen molar-refractivity contribution >= 4 is 21.4 Å². The maximum atomic E-state index is 9.70. The Hall–Kier alpha value is -1.10. The van der Waals surface area contributed by atoms with Gasteiger partial charge in [-0.25, -0.2) is 0 Å². The second-order valence-electron chi connectivity index (χ2n) is 4.59. The van der Waals surface area contributed by atoms with E-state index in [1.165, 1.54) is 15.0 Å². The summed E-state index contributed by atoms with van der Waals surface area (Å²) in [7, 11) is 1.68. The highest BCUT2D eigenvalue weighted by atomic mass is 32.1. The largest absolute Gasteiger partial charge is 0.497 e. The van der Waals surface area contributed by atoms with E-state index in [1.807, 2.05) is 12.1 Å². The molecule has 3 rings (SSSR count). The molecule has 3 nitrogen and oxygen atoms in total. The van der Waals surface area contributed by atoms with Gasteiger partial charge in [0, 0.05) is 22.6 Å². The van der Waals surface area contributed by atoms with E-state index in [4.69, 9.17) is 9.47 Å². The normalized spacial score (nSPS) is 24.3. The van der Waals surface area contributed by atoms with Crippen LogP contribution < -0.4 is 4.74 Å². The van der Waals surface area contributed by atoms with E-state index in [-0.39, 0.29) is 12.2 Å². The third-order valence-corrected chi connectivity index (χ3v) is 4.52. The fraction of sp³-hybridized carbons (Fsp3) is 0.429. The van der Waals surface area contributed by atoms with Crippen LogP contribution in [0.5, 0.6) is 5.75 Å². The van der Waals surface area contributed by atoms with Crippen molar-refractivity contribution in [2.24, 2.45) is 0 Å². The number of aliphatic hydroxyl groups excluding tert-OH is 1. The number of thiophene rings is 1. The van der Waals surface area contributed by atoms with Gasteiger partial charge in [-0.3, -0.25) is 0 Å². The first-order valence-electron chi connectivity index (χ1n) is 6.13. The lowest BCUT2D eigenvalue weighted by Gasteiger charge is -2.25. The molecule has 0 aliphatic carbocycles. The number of methoxy groups -OCH3 is 1. The molecule has 1 aliphatic heterocycles. The fourth-order valence-corrected chi connectivity index (χ4v) is 3.41. The molecule has 0 radical (unpaired) electrons. The minimum absolute atomic E-state index is 0.0390. The van der Waals surface area contributed by atoms with Crippen LogP contribution in [0.1, 0.15) is 23.8 Å². The average Bonchev–Trinajstić information content (AvgIpc) is 2.81. The van der Waals surface area contributed by atoms with Gasteiger partial charge in [0.25, 0.3) is 0 Å². The second kappa shape index (κ2) is 4.88. The van der Waals surface area contributed by atoms with Crippen molar-refractivity contribution in [3.63, 3.8) is 0 Å². The van der Waals surface area contributed by atoms with Gasteiger partial charge in [0.15, 0.2) is 0 Å². The highest BCUT2D eigenvalue weighted by Gasteiger charge is 2.23. The van der Waals surface area contributed by atoms with Gasteiger partial charge in [0.05, 0.1) is 19.3 Å². The van der Waals surface area contributed by atoms with Gasteiger partial charge in [-0.15, -0.1) is 11.3 Å². The van der Waals surface area contributed by atoms with Crippen molar-refractivity contribution in [3.8, 4) is 5.75 Å². The SMILES string of the molecule is COc1ccc2sc(C3CC(O)CCO3)cc2c1. The van der Waals surface area contributed by atoms with Crippen molar-refractivity contribution < 1.29 is 14.6 Å². The molecule has 1 N–H and O–H groups in total. The molecule has 0 bridgehead atoms. The smallest absolute Gasteiger partial charge is 0.119 e. The van der Waals surface area contributed by atoms with Crippen LogP contribution in [0.3, 0.4) is 0 Å². The van der Waals surface area contributed by atoms with Crippen LogP contribution >= 0.6 is 11.3 Å². The molecule has 1 saturated heterocycles. The van der Waals surface area contributed by atoms with E-state index in [0.717, 1.165) is 12.2 Å². The third-order valence-electron chi connectivity index (χ3n) is 3.32. The summed E-state index contributed by atoms with van der Waals surface area (Å²) in [4.78, 5) is 1.19. The van der Waals surface area contributed by atoms with Crippen molar-refractivity contribution in [2.75, 3.05) is 13.7 Å². The van der Waals surface area contributed by atoms with Crippen LogP contribution in [0.15, 0.2) is 24.3 Å². The molecule has 2 aromatic rings. The van der Waals surface area contributed by atoms with Crippen LogP contribution in [0.2, 0.25) is 0 Å². The summed E-state index contributed by atoms with van der Waals surface area (Å²) in [5.41, 5.74) is 0. The molecular weight excluding hydrogens is 248 g/mol. The summed E-state index contributed by atoms with van der Waals surface area (Å²) in [6, 6.07) is 8.22. The maximum Gasteiger partial charge on any atom is 0.119 e. The standard InChI is InChI=1S/C14H16O3S/c1-16-11-2-3-13-9(6-11)7-14(18-13)12-8-10(15)4-5-17-12/h2-3,6-7,10,12,15H,4-5,8H2,1H3. The molecule has 1 aromatic heterocycles. The van der Waals surface area contributed by atoms with Crippen molar-refractivity contribution in [3.05, 3.63) is 29.1 Å². The number of benzene rings is 1. The van der Waals surface area contributed by atoms with Crippen LogP contribution in [0, 0.1) is 0 Å². The first-order chi connectivity index (χ1) is 8.76. The zero-order valence-electron chi connectivity index (χ0n) is 10.3. The topological polar surface area (TPSA) is 38.7 Å². The van der Waals surface area contributed by atoms with Crippen LogP contribution in [-0.4, -0.2) is 24.9 Å². The molecule has 0 amide bonds. The number of aliphatic hydroxyl groups is 1. The van der Waals surface area contributed by atoms with E-state index in [2.05, 4.69) is 12.1 Å². The Morgan fingerprint density at radius 3 is 3.06 bits per heavy atom.